The highest BCUT2D eigenvalue weighted by molar-refractivity contribution is 6.29. The average Bonchev–Trinajstić information content (AvgIpc) is 3.03. The predicted molar refractivity (Wildman–Crippen MR) is 96.8 cm³/mol. The van der Waals surface area contributed by atoms with Crippen LogP contribution in [0.4, 0.5) is 0 Å². The third-order valence-corrected chi connectivity index (χ3v) is 7.43. The maximum Gasteiger partial charge on any atom is 0.193 e. The average molecular weight is 377 g/mol. The molecule has 3 aliphatic carbocycles. The first-order valence-electron chi connectivity index (χ1n) is 9.34. The van der Waals surface area contributed by atoms with E-state index in [2.05, 4.69) is 5.18 Å². The quantitative estimate of drug-likeness (QED) is 0.573. The van der Waals surface area contributed by atoms with Crippen molar-refractivity contribution in [1.82, 2.24) is 0 Å². The van der Waals surface area contributed by atoms with Gasteiger partial charge in [-0.15, -0.1) is 0 Å². The Kier molecular flexibility index (Phi) is 3.93. The van der Waals surface area contributed by atoms with E-state index in [1.165, 1.54) is 0 Å². The molecule has 0 amide bonds. The lowest BCUT2D eigenvalue weighted by atomic mass is 9.66. The van der Waals surface area contributed by atoms with Gasteiger partial charge in [-0.2, -0.15) is 4.91 Å². The molecule has 7 heteroatoms. The van der Waals surface area contributed by atoms with E-state index in [1.807, 2.05) is 13.8 Å². The maximum atomic E-state index is 13.5. The number of hydrogen-bond acceptors (Lipinski definition) is 7. The van der Waals surface area contributed by atoms with Crippen molar-refractivity contribution >= 4 is 17.3 Å². The fourth-order valence-corrected chi connectivity index (χ4v) is 6.04. The molecule has 0 aromatic rings. The summed E-state index contributed by atoms with van der Waals surface area (Å²) in [5.74, 6) is -4.29. The van der Waals surface area contributed by atoms with Crippen LogP contribution in [0.2, 0.25) is 0 Å². The van der Waals surface area contributed by atoms with E-state index in [-0.39, 0.29) is 12.8 Å². The van der Waals surface area contributed by atoms with E-state index in [1.54, 1.807) is 27.7 Å². The topological polar surface area (TPSA) is 121 Å². The van der Waals surface area contributed by atoms with Crippen molar-refractivity contribution in [1.29, 1.82) is 0 Å². The Hall–Kier alpha value is -1.89. The number of rotatable bonds is 4. The summed E-state index contributed by atoms with van der Waals surface area (Å²) in [6.07, 6.45) is -0.0721. The van der Waals surface area contributed by atoms with Gasteiger partial charge in [0, 0.05) is 12.3 Å². The molecule has 1 spiro atoms. The van der Waals surface area contributed by atoms with Crippen LogP contribution in [0.3, 0.4) is 0 Å². The van der Waals surface area contributed by atoms with E-state index in [0.29, 0.717) is 0 Å². The summed E-state index contributed by atoms with van der Waals surface area (Å²) < 4.78 is 0. The van der Waals surface area contributed by atoms with Gasteiger partial charge >= 0.3 is 0 Å². The lowest BCUT2D eigenvalue weighted by molar-refractivity contribution is -0.149. The summed E-state index contributed by atoms with van der Waals surface area (Å²) in [6.45, 7) is 10.2. The molecule has 2 saturated carbocycles. The zero-order valence-electron chi connectivity index (χ0n) is 16.6. The second kappa shape index (κ2) is 5.34. The number of carbonyl (C=O) groups is 3. The number of aliphatic hydroxyl groups is 2. The van der Waals surface area contributed by atoms with Crippen molar-refractivity contribution in [3.63, 3.8) is 0 Å². The van der Waals surface area contributed by atoms with Crippen molar-refractivity contribution in [2.75, 3.05) is 0 Å². The molecule has 2 fully saturated rings. The molecule has 0 aromatic carbocycles. The smallest absolute Gasteiger partial charge is 0.193 e. The van der Waals surface area contributed by atoms with Crippen LogP contribution >= 0.6 is 0 Å². The number of ketones is 3. The predicted octanol–water partition coefficient (Wildman–Crippen LogP) is 2.50. The number of aliphatic hydroxyl groups excluding tert-OH is 1. The molecule has 7 nitrogen and oxygen atoms in total. The Balaban J connectivity index is 2.26. The molecule has 27 heavy (non-hydrogen) atoms. The molecule has 148 valence electrons. The van der Waals surface area contributed by atoms with E-state index in [0.717, 1.165) is 0 Å². The van der Waals surface area contributed by atoms with Crippen LogP contribution in [0.5, 0.6) is 0 Å². The molecule has 4 atom stereocenters. The monoisotopic (exact) mass is 377 g/mol. The van der Waals surface area contributed by atoms with Gasteiger partial charge in [0.15, 0.2) is 23.0 Å². The van der Waals surface area contributed by atoms with Crippen LogP contribution in [0.1, 0.15) is 54.4 Å². The molecule has 3 aliphatic rings. The highest BCUT2D eigenvalue weighted by Gasteiger charge is 2.82. The Bertz CT molecular complexity index is 807. The molecule has 0 heterocycles. The minimum atomic E-state index is -2.40. The van der Waals surface area contributed by atoms with Gasteiger partial charge in [0.05, 0.1) is 5.41 Å². The Labute approximate surface area is 158 Å². The van der Waals surface area contributed by atoms with Gasteiger partial charge in [-0.25, -0.2) is 0 Å². The summed E-state index contributed by atoms with van der Waals surface area (Å²) in [7, 11) is 0. The van der Waals surface area contributed by atoms with Crippen LogP contribution in [0.25, 0.3) is 0 Å². The Morgan fingerprint density at radius 2 is 1.81 bits per heavy atom. The zero-order chi connectivity index (χ0) is 20.7. The Morgan fingerprint density at radius 3 is 2.30 bits per heavy atom. The lowest BCUT2D eigenvalue weighted by Gasteiger charge is -2.38. The molecule has 0 radical (unpaired) electrons. The van der Waals surface area contributed by atoms with Gasteiger partial charge in [-0.3, -0.25) is 14.4 Å². The summed E-state index contributed by atoms with van der Waals surface area (Å²) in [6, 6.07) is 0. The molecule has 3 rings (SSSR count). The molecule has 0 aromatic heterocycles. The molecular weight excluding hydrogens is 350 g/mol. The van der Waals surface area contributed by atoms with Gasteiger partial charge in [-0.1, -0.05) is 32.9 Å². The molecule has 0 saturated heterocycles. The standard InChI is InChI=1S/C20H27NO6/c1-9(2)14(23)13-15(24)19-8-11(18(5,6)21-27)17(3,4)10(19)7-12(22)20(19,26)16(13)25/h9-11,25-26H,7-8H2,1-6H3. The van der Waals surface area contributed by atoms with Crippen molar-refractivity contribution in [3.8, 4) is 0 Å². The van der Waals surface area contributed by atoms with Crippen LogP contribution in [-0.2, 0) is 14.4 Å². The zero-order valence-corrected chi connectivity index (χ0v) is 16.6. The minimum absolute atomic E-state index is 0.0173. The highest BCUT2D eigenvalue weighted by Crippen LogP contribution is 2.73. The molecule has 4 unspecified atom stereocenters. The fourth-order valence-electron chi connectivity index (χ4n) is 6.04. The van der Waals surface area contributed by atoms with Crippen molar-refractivity contribution in [2.45, 2.75) is 65.5 Å². The van der Waals surface area contributed by atoms with Gasteiger partial charge < -0.3 is 10.2 Å². The molecule has 2 N–H and O–H groups in total. The number of allylic oxidation sites excluding steroid dienone is 1. The first-order chi connectivity index (χ1) is 12.2. The minimum Gasteiger partial charge on any atom is -0.508 e. The van der Waals surface area contributed by atoms with Crippen LogP contribution in [-0.4, -0.2) is 38.7 Å². The summed E-state index contributed by atoms with van der Waals surface area (Å²) in [5.41, 5.74) is -6.19. The van der Waals surface area contributed by atoms with E-state index < -0.39 is 68.4 Å². The largest absolute Gasteiger partial charge is 0.508 e. The van der Waals surface area contributed by atoms with Crippen molar-refractivity contribution < 1.29 is 24.6 Å². The van der Waals surface area contributed by atoms with Gasteiger partial charge in [0.25, 0.3) is 0 Å². The summed E-state index contributed by atoms with van der Waals surface area (Å²) >= 11 is 0. The third-order valence-electron chi connectivity index (χ3n) is 7.43. The van der Waals surface area contributed by atoms with Gasteiger partial charge in [0.2, 0.25) is 0 Å². The number of Topliss-reactive ketones (excluding diaryl/α,β-unsaturated/α-hetero) is 3. The van der Waals surface area contributed by atoms with Crippen LogP contribution in [0.15, 0.2) is 16.5 Å². The first kappa shape index (κ1) is 19.9. The van der Waals surface area contributed by atoms with Gasteiger partial charge in [-0.05, 0) is 37.5 Å². The third kappa shape index (κ3) is 1.98. The number of hydrogen-bond donors (Lipinski definition) is 2. The number of nitroso groups, excluding NO2 is 1. The molecular formula is C20H27NO6. The lowest BCUT2D eigenvalue weighted by Crippen LogP contribution is -2.51. The summed E-state index contributed by atoms with van der Waals surface area (Å²) in [5, 5.41) is 25.3. The summed E-state index contributed by atoms with van der Waals surface area (Å²) in [4.78, 5) is 50.4. The molecule has 0 aliphatic heterocycles. The van der Waals surface area contributed by atoms with E-state index in [4.69, 9.17) is 0 Å². The number of nitrogens with zero attached hydrogens (tertiary/aromatic N) is 1. The maximum absolute atomic E-state index is 13.5. The van der Waals surface area contributed by atoms with E-state index >= 15 is 0 Å². The normalized spacial score (nSPS) is 37.8. The van der Waals surface area contributed by atoms with E-state index in [9.17, 15) is 29.5 Å². The SMILES string of the molecule is CC(C)C(=O)C1=C(O)C2(O)C(=O)CC3C(C)(C)C(C(C)(C)N=O)CC32C1=O. The van der Waals surface area contributed by atoms with Crippen LogP contribution < -0.4 is 0 Å². The highest BCUT2D eigenvalue weighted by atomic mass is 16.4. The van der Waals surface area contributed by atoms with Crippen LogP contribution in [0, 0.1) is 33.5 Å². The molecule has 0 bridgehead atoms. The first-order valence-corrected chi connectivity index (χ1v) is 9.34. The Morgan fingerprint density at radius 1 is 1.26 bits per heavy atom. The number of carbonyl (C=O) groups excluding carboxylic acids is 3. The van der Waals surface area contributed by atoms with Crippen molar-refractivity contribution in [2.24, 2.45) is 33.8 Å². The second-order valence-corrected chi connectivity index (χ2v) is 9.76. The van der Waals surface area contributed by atoms with Gasteiger partial charge in [0.1, 0.15) is 16.9 Å². The fraction of sp³-hybridized carbons (Fsp3) is 0.750. The van der Waals surface area contributed by atoms with Crippen molar-refractivity contribution in [3.05, 3.63) is 16.2 Å². The second-order valence-electron chi connectivity index (χ2n) is 9.76.